The predicted octanol–water partition coefficient (Wildman–Crippen LogP) is 1.52. The largest absolute Gasteiger partial charge is 0.478 e. The Bertz CT molecular complexity index is 385. The molecule has 1 saturated carbocycles. The number of hydrogen-bond acceptors (Lipinski definition) is 4. The van der Waals surface area contributed by atoms with Crippen molar-refractivity contribution in [1.82, 2.24) is 0 Å². The summed E-state index contributed by atoms with van der Waals surface area (Å²) in [5, 5.41) is 18.8. The molecule has 0 saturated heterocycles. The van der Waals surface area contributed by atoms with Gasteiger partial charge in [-0.25, -0.2) is 9.59 Å². The van der Waals surface area contributed by atoms with Crippen molar-refractivity contribution in [1.29, 1.82) is 0 Å². The van der Waals surface area contributed by atoms with Crippen molar-refractivity contribution in [3.05, 3.63) is 24.3 Å². The van der Waals surface area contributed by atoms with Crippen molar-refractivity contribution >= 4 is 11.9 Å². The van der Waals surface area contributed by atoms with Gasteiger partial charge >= 0.3 is 11.9 Å². The number of carboxylic acids is 1. The zero-order chi connectivity index (χ0) is 14.4. The van der Waals surface area contributed by atoms with E-state index in [0.717, 1.165) is 12.5 Å². The highest BCUT2D eigenvalue weighted by Gasteiger charge is 2.28. The number of aliphatic hydroxyl groups is 1. The molecule has 0 aromatic rings. The van der Waals surface area contributed by atoms with Gasteiger partial charge in [0.25, 0.3) is 0 Å². The van der Waals surface area contributed by atoms with E-state index in [0.29, 0.717) is 12.8 Å². The summed E-state index contributed by atoms with van der Waals surface area (Å²) in [7, 11) is 0. The van der Waals surface area contributed by atoms with Gasteiger partial charge in [0.15, 0.2) is 0 Å². The molecule has 0 spiro atoms. The summed E-state index contributed by atoms with van der Waals surface area (Å²) in [6.45, 7) is 5.11. The minimum atomic E-state index is -0.964. The topological polar surface area (TPSA) is 83.8 Å². The van der Waals surface area contributed by atoms with E-state index in [-0.39, 0.29) is 24.0 Å². The normalized spacial score (nSPS) is 27.7. The van der Waals surface area contributed by atoms with Crippen LogP contribution in [0.4, 0.5) is 0 Å². The molecule has 3 atom stereocenters. The fourth-order valence-corrected chi connectivity index (χ4v) is 2.25. The van der Waals surface area contributed by atoms with Gasteiger partial charge in [-0.2, -0.15) is 0 Å². The fraction of sp³-hybridized carbons (Fsp3) is 0.571. The summed E-state index contributed by atoms with van der Waals surface area (Å²) in [4.78, 5) is 21.7. The Morgan fingerprint density at radius 1 is 1.42 bits per heavy atom. The molecule has 5 heteroatoms. The van der Waals surface area contributed by atoms with Gasteiger partial charge in [-0.15, -0.1) is 0 Å². The van der Waals surface area contributed by atoms with Crippen LogP contribution >= 0.6 is 0 Å². The van der Waals surface area contributed by atoms with Crippen LogP contribution in [-0.2, 0) is 14.3 Å². The van der Waals surface area contributed by atoms with E-state index in [1.165, 1.54) is 6.92 Å². The minimum absolute atomic E-state index is 0.119. The highest BCUT2D eigenvalue weighted by molar-refractivity contribution is 5.85. The second kappa shape index (κ2) is 7.09. The first-order valence-corrected chi connectivity index (χ1v) is 6.33. The number of carbonyl (C=O) groups excluding carboxylic acids is 1. The third-order valence-electron chi connectivity index (χ3n) is 3.41. The number of hydrogen-bond donors (Lipinski definition) is 2. The van der Waals surface area contributed by atoms with Crippen molar-refractivity contribution in [2.75, 3.05) is 6.61 Å². The van der Waals surface area contributed by atoms with Crippen molar-refractivity contribution in [2.24, 2.45) is 11.8 Å². The minimum Gasteiger partial charge on any atom is -0.478 e. The van der Waals surface area contributed by atoms with Crippen LogP contribution in [0.5, 0.6) is 0 Å². The van der Waals surface area contributed by atoms with Gasteiger partial charge in [0.1, 0.15) is 0 Å². The van der Waals surface area contributed by atoms with Crippen LogP contribution in [0.1, 0.15) is 26.2 Å². The third-order valence-corrected chi connectivity index (χ3v) is 3.41. The number of aliphatic hydroxyl groups excluding tert-OH is 1. The van der Waals surface area contributed by atoms with Crippen molar-refractivity contribution in [3.63, 3.8) is 0 Å². The van der Waals surface area contributed by atoms with E-state index < -0.39 is 18.0 Å². The molecule has 0 aromatic heterocycles. The van der Waals surface area contributed by atoms with Crippen LogP contribution in [0, 0.1) is 11.8 Å². The highest BCUT2D eigenvalue weighted by atomic mass is 16.5. The Hall–Kier alpha value is -1.62. The van der Waals surface area contributed by atoms with E-state index in [1.54, 1.807) is 6.08 Å². The molecule has 0 heterocycles. The predicted molar refractivity (Wildman–Crippen MR) is 69.4 cm³/mol. The molecule has 0 amide bonds. The first-order chi connectivity index (χ1) is 8.93. The molecule has 0 bridgehead atoms. The maximum atomic E-state index is 10.9. The van der Waals surface area contributed by atoms with Gasteiger partial charge in [0.2, 0.25) is 0 Å². The molecule has 1 rings (SSSR count). The maximum absolute atomic E-state index is 10.9. The monoisotopic (exact) mass is 268 g/mol. The summed E-state index contributed by atoms with van der Waals surface area (Å²) >= 11 is 0. The number of carbonyl (C=O) groups is 2. The molecular weight excluding hydrogens is 248 g/mol. The van der Waals surface area contributed by atoms with Gasteiger partial charge in [-0.3, -0.25) is 0 Å². The Morgan fingerprint density at radius 3 is 2.63 bits per heavy atom. The van der Waals surface area contributed by atoms with Crippen molar-refractivity contribution in [3.8, 4) is 0 Å². The standard InChI is InChI=1S/C14H20O5/c1-3-13(16)19-8-10-4-5-11(12(15)7-10)6-9(2)14(17)18/h3,6,10-12,15H,1,4-5,7-8H2,2H3,(H,17,18)/b9-6+. The average Bonchev–Trinajstić information content (AvgIpc) is 2.38. The number of esters is 1. The Balaban J connectivity index is 2.47. The van der Waals surface area contributed by atoms with Crippen LogP contribution in [-0.4, -0.2) is 34.9 Å². The number of rotatable bonds is 5. The Morgan fingerprint density at radius 2 is 2.11 bits per heavy atom. The highest BCUT2D eigenvalue weighted by Crippen LogP contribution is 2.31. The first kappa shape index (κ1) is 15.4. The zero-order valence-electron chi connectivity index (χ0n) is 11.0. The number of aliphatic carboxylic acids is 1. The van der Waals surface area contributed by atoms with E-state index in [4.69, 9.17) is 9.84 Å². The van der Waals surface area contributed by atoms with E-state index in [9.17, 15) is 14.7 Å². The molecule has 1 fully saturated rings. The average molecular weight is 268 g/mol. The molecule has 3 unspecified atom stereocenters. The van der Waals surface area contributed by atoms with Gasteiger partial charge in [-0.1, -0.05) is 12.7 Å². The second-order valence-electron chi connectivity index (χ2n) is 4.90. The molecule has 2 N–H and O–H groups in total. The SMILES string of the molecule is C=CC(=O)OCC1CCC(/C=C(\C)C(=O)O)C(O)C1. The zero-order valence-corrected chi connectivity index (χ0v) is 11.0. The van der Waals surface area contributed by atoms with Crippen LogP contribution in [0.2, 0.25) is 0 Å². The molecule has 0 radical (unpaired) electrons. The van der Waals surface area contributed by atoms with Gasteiger partial charge in [0.05, 0.1) is 12.7 Å². The fourth-order valence-electron chi connectivity index (χ4n) is 2.25. The molecule has 106 valence electrons. The van der Waals surface area contributed by atoms with Gasteiger partial charge in [0, 0.05) is 17.6 Å². The third kappa shape index (κ3) is 4.87. The van der Waals surface area contributed by atoms with Crippen LogP contribution in [0.15, 0.2) is 24.3 Å². The van der Waals surface area contributed by atoms with Gasteiger partial charge < -0.3 is 14.9 Å². The molecule has 1 aliphatic rings. The molecule has 0 aliphatic heterocycles. The smallest absolute Gasteiger partial charge is 0.330 e. The molecule has 19 heavy (non-hydrogen) atoms. The van der Waals surface area contributed by atoms with Crippen LogP contribution < -0.4 is 0 Å². The molecule has 0 aromatic carbocycles. The number of carboxylic acid groups (broad SMARTS) is 1. The maximum Gasteiger partial charge on any atom is 0.330 e. The van der Waals surface area contributed by atoms with Crippen molar-refractivity contribution < 1.29 is 24.5 Å². The van der Waals surface area contributed by atoms with Crippen LogP contribution in [0.25, 0.3) is 0 Å². The summed E-state index contributed by atoms with van der Waals surface area (Å²) < 4.78 is 4.96. The quantitative estimate of drug-likeness (QED) is 0.583. The lowest BCUT2D eigenvalue weighted by molar-refractivity contribution is -0.140. The molecule has 1 aliphatic carbocycles. The lowest BCUT2D eigenvalue weighted by Crippen LogP contribution is -2.31. The lowest BCUT2D eigenvalue weighted by atomic mass is 9.79. The summed E-state index contributed by atoms with van der Waals surface area (Å²) in [6.07, 6.45) is 4.14. The summed E-state index contributed by atoms with van der Waals surface area (Å²) in [5.41, 5.74) is 0.251. The van der Waals surface area contributed by atoms with Crippen LogP contribution in [0.3, 0.4) is 0 Å². The van der Waals surface area contributed by atoms with Crippen molar-refractivity contribution in [2.45, 2.75) is 32.3 Å². The Labute approximate surface area is 112 Å². The second-order valence-corrected chi connectivity index (χ2v) is 4.90. The summed E-state index contributed by atoms with van der Waals surface area (Å²) in [6, 6.07) is 0. The summed E-state index contributed by atoms with van der Waals surface area (Å²) in [5.74, 6) is -1.44. The van der Waals surface area contributed by atoms with E-state index in [2.05, 4.69) is 6.58 Å². The van der Waals surface area contributed by atoms with E-state index in [1.807, 2.05) is 0 Å². The first-order valence-electron chi connectivity index (χ1n) is 6.33. The van der Waals surface area contributed by atoms with E-state index >= 15 is 0 Å². The Kier molecular flexibility index (Phi) is 5.76. The molecular formula is C14H20O5. The van der Waals surface area contributed by atoms with Gasteiger partial charge in [-0.05, 0) is 32.1 Å². The molecule has 5 nitrogen and oxygen atoms in total. The number of ether oxygens (including phenoxy) is 1. The lowest BCUT2D eigenvalue weighted by Gasteiger charge is -2.31.